The first kappa shape index (κ1) is 22.0. The van der Waals surface area contributed by atoms with E-state index in [1.807, 2.05) is 32.9 Å². The Morgan fingerprint density at radius 2 is 2.25 bits per heavy atom. The van der Waals surface area contributed by atoms with Crippen molar-refractivity contribution in [1.29, 1.82) is 0 Å². The zero-order chi connectivity index (χ0) is 20.6. The van der Waals surface area contributed by atoms with Gasteiger partial charge in [0.15, 0.2) is 5.96 Å². The van der Waals surface area contributed by atoms with Crippen molar-refractivity contribution in [1.82, 2.24) is 14.8 Å². The first-order chi connectivity index (χ1) is 13.2. The summed E-state index contributed by atoms with van der Waals surface area (Å²) in [5, 5.41) is 0. The number of amides is 1. The van der Waals surface area contributed by atoms with Crippen LogP contribution in [0.25, 0.3) is 0 Å². The van der Waals surface area contributed by atoms with Crippen molar-refractivity contribution in [2.24, 2.45) is 16.6 Å². The number of ether oxygens (including phenoxy) is 1. The van der Waals surface area contributed by atoms with Crippen LogP contribution in [0.15, 0.2) is 29.5 Å². The van der Waals surface area contributed by atoms with E-state index < -0.39 is 5.60 Å². The highest BCUT2D eigenvalue weighted by Crippen LogP contribution is 2.15. The van der Waals surface area contributed by atoms with Gasteiger partial charge in [-0.05, 0) is 57.6 Å². The van der Waals surface area contributed by atoms with Crippen molar-refractivity contribution in [3.05, 3.63) is 30.1 Å². The molecule has 28 heavy (non-hydrogen) atoms. The minimum absolute atomic E-state index is 0.321. The molecule has 0 aromatic carbocycles. The van der Waals surface area contributed by atoms with E-state index in [0.29, 0.717) is 31.5 Å². The summed E-state index contributed by atoms with van der Waals surface area (Å²) in [7, 11) is 0. The third-order valence-electron chi connectivity index (χ3n) is 4.59. The largest absolute Gasteiger partial charge is 0.444 e. The summed E-state index contributed by atoms with van der Waals surface area (Å²) in [6.45, 7) is 11.4. The highest BCUT2D eigenvalue weighted by molar-refractivity contribution is 5.78. The lowest BCUT2D eigenvalue weighted by atomic mass is 10.0. The summed E-state index contributed by atoms with van der Waals surface area (Å²) in [4.78, 5) is 25.1. The maximum Gasteiger partial charge on any atom is 0.410 e. The number of hydrogen-bond acceptors (Lipinski definition) is 4. The van der Waals surface area contributed by atoms with Crippen LogP contribution in [0.3, 0.4) is 0 Å². The highest BCUT2D eigenvalue weighted by Gasteiger charge is 2.22. The number of pyridine rings is 1. The van der Waals surface area contributed by atoms with Gasteiger partial charge in [-0.15, -0.1) is 0 Å². The fraction of sp³-hybridized carbons (Fsp3) is 0.667. The van der Waals surface area contributed by atoms with Crippen molar-refractivity contribution in [2.75, 3.05) is 26.2 Å². The first-order valence-electron chi connectivity index (χ1n) is 10.2. The molecule has 1 amide bonds. The van der Waals surface area contributed by atoms with Gasteiger partial charge < -0.3 is 20.3 Å². The maximum absolute atomic E-state index is 12.6. The topological polar surface area (TPSA) is 84.0 Å². The molecule has 1 atom stereocenters. The quantitative estimate of drug-likeness (QED) is 0.459. The van der Waals surface area contributed by atoms with Gasteiger partial charge in [0.1, 0.15) is 5.60 Å². The lowest BCUT2D eigenvalue weighted by molar-refractivity contribution is 0.0232. The second-order valence-electron chi connectivity index (χ2n) is 8.55. The Kier molecular flexibility index (Phi) is 8.08. The van der Waals surface area contributed by atoms with Crippen LogP contribution in [-0.2, 0) is 11.3 Å². The summed E-state index contributed by atoms with van der Waals surface area (Å²) >= 11 is 0. The number of hydrogen-bond donors (Lipinski definition) is 1. The summed E-state index contributed by atoms with van der Waals surface area (Å²) in [5.41, 5.74) is 6.60. The molecule has 7 heteroatoms. The molecule has 0 aliphatic carbocycles. The van der Waals surface area contributed by atoms with E-state index in [-0.39, 0.29) is 6.09 Å². The lowest BCUT2D eigenvalue weighted by Crippen LogP contribution is -2.43. The first-order valence-corrected chi connectivity index (χ1v) is 10.2. The van der Waals surface area contributed by atoms with Gasteiger partial charge in [0.2, 0.25) is 0 Å². The number of nitrogens with zero attached hydrogens (tertiary/aromatic N) is 4. The Balaban J connectivity index is 1.90. The average molecular weight is 390 g/mol. The molecule has 2 heterocycles. The molecule has 1 fully saturated rings. The highest BCUT2D eigenvalue weighted by atomic mass is 16.6. The molecule has 1 unspecified atom stereocenters. The van der Waals surface area contributed by atoms with Gasteiger partial charge in [-0.3, -0.25) is 9.98 Å². The number of piperidine rings is 1. The van der Waals surface area contributed by atoms with Gasteiger partial charge in [-0.25, -0.2) is 4.79 Å². The molecule has 1 aromatic rings. The number of aliphatic imine (C=N–C) groups is 1. The van der Waals surface area contributed by atoms with E-state index >= 15 is 0 Å². The van der Waals surface area contributed by atoms with Crippen LogP contribution >= 0.6 is 0 Å². The fourth-order valence-corrected chi connectivity index (χ4v) is 3.23. The van der Waals surface area contributed by atoms with E-state index in [9.17, 15) is 4.79 Å². The number of nitrogens with two attached hydrogens (primary N) is 1. The maximum atomic E-state index is 12.6. The molecule has 2 rings (SSSR count). The predicted octanol–water partition coefficient (Wildman–Crippen LogP) is 3.26. The molecule has 7 nitrogen and oxygen atoms in total. The molecule has 156 valence electrons. The normalized spacial score (nSPS) is 18.1. The van der Waals surface area contributed by atoms with Gasteiger partial charge in [0, 0.05) is 38.6 Å². The number of likely N-dealkylation sites (tertiary alicyclic amines) is 1. The Hall–Kier alpha value is -2.31. The third-order valence-corrected chi connectivity index (χ3v) is 4.59. The van der Waals surface area contributed by atoms with Gasteiger partial charge >= 0.3 is 6.09 Å². The van der Waals surface area contributed by atoms with E-state index in [2.05, 4.69) is 21.8 Å². The minimum atomic E-state index is -0.530. The molecule has 0 radical (unpaired) electrons. The van der Waals surface area contributed by atoms with Gasteiger partial charge in [-0.1, -0.05) is 13.0 Å². The Morgan fingerprint density at radius 1 is 1.46 bits per heavy atom. The average Bonchev–Trinajstić information content (AvgIpc) is 2.63. The molecular weight excluding hydrogens is 354 g/mol. The Morgan fingerprint density at radius 3 is 2.89 bits per heavy atom. The van der Waals surface area contributed by atoms with E-state index in [1.54, 1.807) is 17.3 Å². The third kappa shape index (κ3) is 7.74. The molecular formula is C21H35N5O2. The predicted molar refractivity (Wildman–Crippen MR) is 112 cm³/mol. The van der Waals surface area contributed by atoms with Crippen LogP contribution in [0.5, 0.6) is 0 Å². The summed E-state index contributed by atoms with van der Waals surface area (Å²) in [5.74, 6) is 1.27. The second-order valence-corrected chi connectivity index (χ2v) is 8.55. The monoisotopic (exact) mass is 389 g/mol. The van der Waals surface area contributed by atoms with Crippen LogP contribution in [0.1, 0.15) is 52.5 Å². The van der Waals surface area contributed by atoms with Crippen LogP contribution in [0.2, 0.25) is 0 Å². The van der Waals surface area contributed by atoms with Crippen molar-refractivity contribution in [2.45, 2.75) is 59.1 Å². The minimum Gasteiger partial charge on any atom is -0.444 e. The SMILES string of the molecule is CC1CCCN(C(N)=NCCCN(Cc2cccnc2)C(=O)OC(C)(C)C)C1. The molecule has 1 aromatic heterocycles. The second kappa shape index (κ2) is 10.3. The Bertz CT molecular complexity index is 642. The van der Waals surface area contributed by atoms with Gasteiger partial charge in [0.05, 0.1) is 6.54 Å². The smallest absolute Gasteiger partial charge is 0.410 e. The molecule has 1 saturated heterocycles. The van der Waals surface area contributed by atoms with E-state index in [1.165, 1.54) is 6.42 Å². The zero-order valence-corrected chi connectivity index (χ0v) is 17.7. The fourth-order valence-electron chi connectivity index (χ4n) is 3.23. The Labute approximate surface area is 169 Å². The molecule has 1 aliphatic heterocycles. The van der Waals surface area contributed by atoms with E-state index in [4.69, 9.17) is 10.5 Å². The van der Waals surface area contributed by atoms with E-state index in [0.717, 1.165) is 31.5 Å². The summed E-state index contributed by atoms with van der Waals surface area (Å²) in [6, 6.07) is 3.82. The molecule has 2 N–H and O–H groups in total. The standard InChI is InChI=1S/C21H35N5O2/c1-17-8-6-12-25(15-17)19(22)24-11-7-13-26(20(27)28-21(2,3)4)16-18-9-5-10-23-14-18/h5,9-10,14,17H,6-8,11-13,15-16H2,1-4H3,(H2,22,24). The molecule has 0 bridgehead atoms. The van der Waals surface area contributed by atoms with Crippen molar-refractivity contribution >= 4 is 12.1 Å². The number of carbonyl (C=O) groups excluding carboxylic acids is 1. The van der Waals surface area contributed by atoms with Gasteiger partial charge in [-0.2, -0.15) is 0 Å². The number of rotatable bonds is 6. The van der Waals surface area contributed by atoms with Crippen LogP contribution in [0.4, 0.5) is 4.79 Å². The molecule has 0 spiro atoms. The zero-order valence-electron chi connectivity index (χ0n) is 17.7. The van der Waals surface area contributed by atoms with Crippen molar-refractivity contribution in [3.8, 4) is 0 Å². The summed E-state index contributed by atoms with van der Waals surface area (Å²) < 4.78 is 5.56. The molecule has 1 aliphatic rings. The number of carbonyl (C=O) groups is 1. The lowest BCUT2D eigenvalue weighted by Gasteiger charge is -2.31. The number of guanidine groups is 1. The van der Waals surface area contributed by atoms with Crippen molar-refractivity contribution in [3.63, 3.8) is 0 Å². The van der Waals surface area contributed by atoms with Crippen molar-refractivity contribution < 1.29 is 9.53 Å². The van der Waals surface area contributed by atoms with Crippen LogP contribution < -0.4 is 5.73 Å². The summed E-state index contributed by atoms with van der Waals surface area (Å²) in [6.07, 6.45) is 6.31. The molecule has 0 saturated carbocycles. The van der Waals surface area contributed by atoms with Crippen LogP contribution in [-0.4, -0.2) is 58.6 Å². The van der Waals surface area contributed by atoms with Crippen LogP contribution in [0, 0.1) is 5.92 Å². The van der Waals surface area contributed by atoms with Gasteiger partial charge in [0.25, 0.3) is 0 Å². The number of aromatic nitrogens is 1.